The number of nitrogens with one attached hydrogen (secondary N) is 2. The van der Waals surface area contributed by atoms with Gasteiger partial charge in [0, 0.05) is 21.2 Å². The molecule has 0 radical (unpaired) electrons. The summed E-state index contributed by atoms with van der Waals surface area (Å²) in [5, 5.41) is 21.7. The Bertz CT molecular complexity index is 760. The summed E-state index contributed by atoms with van der Waals surface area (Å²) in [6, 6.07) is 10.3. The fourth-order valence-electron chi connectivity index (χ4n) is 1.69. The van der Waals surface area contributed by atoms with Crippen LogP contribution < -0.4 is 10.9 Å². The Morgan fingerprint density at radius 3 is 2.26 bits per heavy atom. The van der Waals surface area contributed by atoms with Crippen LogP contribution in [0.1, 0.15) is 26.3 Å². The summed E-state index contributed by atoms with van der Waals surface area (Å²) in [6.07, 6.45) is 1.38. The summed E-state index contributed by atoms with van der Waals surface area (Å²) in [5.41, 5.74) is 4.95. The fourth-order valence-corrected chi connectivity index (χ4v) is 2.04. The normalized spacial score (nSPS) is 10.5. The average molecular weight is 378 g/mol. The molecule has 0 unspecified atom stereocenters. The predicted octanol–water partition coefficient (Wildman–Crippen LogP) is 2.04. The highest BCUT2D eigenvalue weighted by molar-refractivity contribution is 9.10. The van der Waals surface area contributed by atoms with Gasteiger partial charge in [-0.1, -0.05) is 15.9 Å². The highest BCUT2D eigenvalue weighted by Crippen LogP contribution is 2.19. The topological polar surface area (TPSA) is 111 Å². The molecule has 118 valence electrons. The maximum atomic E-state index is 11.9. The highest BCUT2D eigenvalue weighted by atomic mass is 79.9. The lowest BCUT2D eigenvalue weighted by atomic mass is 10.1. The molecule has 0 heterocycles. The van der Waals surface area contributed by atoms with E-state index >= 15 is 0 Å². The monoisotopic (exact) mass is 377 g/mol. The molecule has 0 aliphatic heterocycles. The van der Waals surface area contributed by atoms with Crippen LogP contribution in [0.5, 0.6) is 5.75 Å². The van der Waals surface area contributed by atoms with Gasteiger partial charge < -0.3 is 5.11 Å². The first-order valence-corrected chi connectivity index (χ1v) is 7.17. The maximum Gasteiger partial charge on any atom is 0.274 e. The van der Waals surface area contributed by atoms with Crippen molar-refractivity contribution in [1.82, 2.24) is 10.9 Å². The Morgan fingerprint density at radius 1 is 1.04 bits per heavy atom. The molecule has 2 aromatic rings. The number of nitrogens with zero attached hydrogens (tertiary/aromatic N) is 1. The molecule has 0 fully saturated rings. The zero-order valence-corrected chi connectivity index (χ0v) is 13.2. The van der Waals surface area contributed by atoms with Crippen molar-refractivity contribution in [2.45, 2.75) is 0 Å². The van der Waals surface area contributed by atoms with Crippen molar-refractivity contribution in [3.63, 3.8) is 0 Å². The van der Waals surface area contributed by atoms with Crippen molar-refractivity contribution in [2.24, 2.45) is 5.10 Å². The quantitative estimate of drug-likeness (QED) is 0.371. The number of phenolic OH excluding ortho intramolecular Hbond substituents is 1. The molecule has 0 atom stereocenters. The number of carbonyl (C=O) groups excluding carboxylic acids is 2. The van der Waals surface area contributed by atoms with Gasteiger partial charge in [-0.2, -0.15) is 5.10 Å². The van der Waals surface area contributed by atoms with E-state index in [4.69, 9.17) is 5.21 Å². The minimum absolute atomic E-state index is 0.0822. The SMILES string of the molecule is O=C(NO)c1ccc(C(=O)N/N=C/c2cc(O)ccc2Br)cc1. The van der Waals surface area contributed by atoms with E-state index in [1.807, 2.05) is 0 Å². The second-order valence-corrected chi connectivity index (χ2v) is 5.28. The smallest absolute Gasteiger partial charge is 0.274 e. The van der Waals surface area contributed by atoms with E-state index in [-0.39, 0.29) is 11.3 Å². The van der Waals surface area contributed by atoms with Crippen molar-refractivity contribution in [3.05, 3.63) is 63.6 Å². The summed E-state index contributed by atoms with van der Waals surface area (Å²) < 4.78 is 0.715. The molecule has 23 heavy (non-hydrogen) atoms. The minimum atomic E-state index is -0.663. The van der Waals surface area contributed by atoms with E-state index in [9.17, 15) is 14.7 Å². The number of hydrazone groups is 1. The molecule has 4 N–H and O–H groups in total. The lowest BCUT2D eigenvalue weighted by Gasteiger charge is -2.02. The number of hydrogen-bond acceptors (Lipinski definition) is 5. The largest absolute Gasteiger partial charge is 0.508 e. The van der Waals surface area contributed by atoms with Crippen LogP contribution in [0.15, 0.2) is 52.0 Å². The van der Waals surface area contributed by atoms with Crippen molar-refractivity contribution in [2.75, 3.05) is 0 Å². The van der Waals surface area contributed by atoms with Gasteiger partial charge in [-0.3, -0.25) is 14.8 Å². The molecule has 2 rings (SSSR count). The summed E-state index contributed by atoms with van der Waals surface area (Å²) in [6.45, 7) is 0. The fraction of sp³-hybridized carbons (Fsp3) is 0. The molecule has 7 nitrogen and oxygen atoms in total. The van der Waals surface area contributed by atoms with Gasteiger partial charge in [0.1, 0.15) is 5.75 Å². The third kappa shape index (κ3) is 4.38. The second-order valence-electron chi connectivity index (χ2n) is 4.42. The lowest BCUT2D eigenvalue weighted by molar-refractivity contribution is 0.0706. The van der Waals surface area contributed by atoms with E-state index < -0.39 is 11.8 Å². The molecular formula is C15H12BrN3O4. The maximum absolute atomic E-state index is 11.9. The molecule has 0 spiro atoms. The van der Waals surface area contributed by atoms with E-state index in [0.29, 0.717) is 15.6 Å². The number of halogens is 1. The molecule has 0 aliphatic carbocycles. The Balaban J connectivity index is 2.03. The van der Waals surface area contributed by atoms with E-state index in [0.717, 1.165) is 0 Å². The molecule has 0 saturated carbocycles. The molecule has 0 saturated heterocycles. The van der Waals surface area contributed by atoms with Gasteiger partial charge in [0.25, 0.3) is 11.8 Å². The second kappa shape index (κ2) is 7.52. The molecular weight excluding hydrogens is 366 g/mol. The van der Waals surface area contributed by atoms with Gasteiger partial charge in [0.15, 0.2) is 0 Å². The Morgan fingerprint density at radius 2 is 1.65 bits per heavy atom. The summed E-state index contributed by atoms with van der Waals surface area (Å²) in [5.74, 6) is -1.05. The van der Waals surface area contributed by atoms with Gasteiger partial charge >= 0.3 is 0 Å². The highest BCUT2D eigenvalue weighted by Gasteiger charge is 2.07. The third-order valence-corrected chi connectivity index (χ3v) is 3.58. The number of aromatic hydroxyl groups is 1. The molecule has 2 amide bonds. The van der Waals surface area contributed by atoms with Crippen LogP contribution in [0.3, 0.4) is 0 Å². The number of amides is 2. The number of carbonyl (C=O) groups is 2. The zero-order chi connectivity index (χ0) is 16.8. The van der Waals surface area contributed by atoms with Crippen LogP contribution in [0.25, 0.3) is 0 Å². The summed E-state index contributed by atoms with van der Waals surface area (Å²) in [4.78, 5) is 23.1. The van der Waals surface area contributed by atoms with Crippen molar-refractivity contribution in [3.8, 4) is 5.75 Å². The first-order valence-electron chi connectivity index (χ1n) is 6.37. The number of benzene rings is 2. The molecule has 0 aliphatic rings. The molecule has 0 aromatic heterocycles. The number of hydroxylamine groups is 1. The van der Waals surface area contributed by atoms with Crippen molar-refractivity contribution in [1.29, 1.82) is 0 Å². The zero-order valence-electron chi connectivity index (χ0n) is 11.7. The van der Waals surface area contributed by atoms with Gasteiger partial charge in [-0.05, 0) is 42.5 Å². The summed E-state index contributed by atoms with van der Waals surface area (Å²) in [7, 11) is 0. The van der Waals surface area contributed by atoms with Crippen LogP contribution in [-0.4, -0.2) is 28.3 Å². The van der Waals surface area contributed by atoms with Gasteiger partial charge in [0.2, 0.25) is 0 Å². The van der Waals surface area contributed by atoms with Crippen molar-refractivity contribution < 1.29 is 19.9 Å². The first-order chi connectivity index (χ1) is 11.0. The Labute approximate surface area is 139 Å². The summed E-state index contributed by atoms with van der Waals surface area (Å²) >= 11 is 3.30. The van der Waals surface area contributed by atoms with Crippen LogP contribution in [-0.2, 0) is 0 Å². The lowest BCUT2D eigenvalue weighted by Crippen LogP contribution is -2.20. The van der Waals surface area contributed by atoms with Crippen LogP contribution in [0.4, 0.5) is 0 Å². The van der Waals surface area contributed by atoms with E-state index in [1.54, 1.807) is 6.07 Å². The van der Waals surface area contributed by atoms with Crippen LogP contribution >= 0.6 is 15.9 Å². The van der Waals surface area contributed by atoms with Gasteiger partial charge in [-0.15, -0.1) is 0 Å². The van der Waals surface area contributed by atoms with E-state index in [2.05, 4.69) is 26.5 Å². The minimum Gasteiger partial charge on any atom is -0.508 e. The average Bonchev–Trinajstić information content (AvgIpc) is 2.57. The number of rotatable bonds is 4. The van der Waals surface area contributed by atoms with Crippen LogP contribution in [0.2, 0.25) is 0 Å². The molecule has 0 bridgehead atoms. The number of phenols is 1. The first kappa shape index (κ1) is 16.7. The van der Waals surface area contributed by atoms with Gasteiger partial charge in [0.05, 0.1) is 6.21 Å². The Hall–Kier alpha value is -2.71. The standard InChI is InChI=1S/C15H12BrN3O4/c16-13-6-5-12(20)7-11(13)8-17-18-14(21)9-1-3-10(4-2-9)15(22)19-23/h1-8,20,23H,(H,18,21)(H,19,22)/b17-8+. The Kier molecular flexibility index (Phi) is 5.45. The van der Waals surface area contributed by atoms with Gasteiger partial charge in [-0.25, -0.2) is 10.9 Å². The predicted molar refractivity (Wildman–Crippen MR) is 86.6 cm³/mol. The third-order valence-electron chi connectivity index (χ3n) is 2.86. The van der Waals surface area contributed by atoms with Crippen molar-refractivity contribution >= 4 is 34.0 Å². The van der Waals surface area contributed by atoms with Crippen LogP contribution in [0, 0.1) is 0 Å². The van der Waals surface area contributed by atoms with E-state index in [1.165, 1.54) is 48.1 Å². The molecule has 2 aromatic carbocycles. The molecule has 8 heteroatoms. The number of hydrogen-bond donors (Lipinski definition) is 4.